The first-order valence-corrected chi connectivity index (χ1v) is 4.98. The Morgan fingerprint density at radius 1 is 1.36 bits per heavy atom. The summed E-state index contributed by atoms with van der Waals surface area (Å²) in [5, 5.41) is 0.618. The maximum absolute atomic E-state index is 11.8. The zero-order valence-corrected chi connectivity index (χ0v) is 8.43. The van der Waals surface area contributed by atoms with Crippen molar-refractivity contribution in [3.05, 3.63) is 40.8 Å². The van der Waals surface area contributed by atoms with Crippen LogP contribution in [0.1, 0.15) is 0 Å². The lowest BCUT2D eigenvalue weighted by Crippen LogP contribution is -2.06. The molecule has 2 aromatic rings. The van der Waals surface area contributed by atoms with Crippen LogP contribution >= 0.6 is 11.9 Å². The molecule has 1 aromatic carbocycles. The van der Waals surface area contributed by atoms with Gasteiger partial charge in [0.05, 0.1) is 5.39 Å². The Hall–Kier alpha value is -1.26. The van der Waals surface area contributed by atoms with Gasteiger partial charge < -0.3 is 4.42 Å². The Labute approximate surface area is 85.3 Å². The number of benzene rings is 1. The maximum atomic E-state index is 11.8. The minimum atomic E-state index is 0.00574. The molecule has 4 heteroatoms. The Bertz CT molecular complexity index is 507. The summed E-state index contributed by atoms with van der Waals surface area (Å²) in [5.41, 5.74) is 0.629. The van der Waals surface area contributed by atoms with Crippen LogP contribution in [0.2, 0.25) is 0 Å². The highest BCUT2D eigenvalue weighted by atomic mass is 32.2. The van der Waals surface area contributed by atoms with Gasteiger partial charge in [0.25, 0.3) is 0 Å². The van der Waals surface area contributed by atoms with Crippen LogP contribution in [0.5, 0.6) is 0 Å². The average Bonchev–Trinajstić information content (AvgIpc) is 2.23. The van der Waals surface area contributed by atoms with E-state index >= 15 is 0 Å². The molecule has 0 atom stereocenters. The Kier molecular flexibility index (Phi) is 2.56. The third-order valence-electron chi connectivity index (χ3n) is 1.86. The number of fused-ring (bicyclic) bond motifs is 1. The van der Waals surface area contributed by atoms with Crippen LogP contribution in [-0.2, 0) is 0 Å². The summed E-state index contributed by atoms with van der Waals surface area (Å²) in [5.74, 6) is 0. The lowest BCUT2D eigenvalue weighted by molar-refractivity contribution is 0.587. The van der Waals surface area contributed by atoms with Gasteiger partial charge in [-0.25, -0.2) is 0 Å². The molecular formula is C10H9NO2S. The maximum Gasteiger partial charge on any atom is 0.207 e. The van der Waals surface area contributed by atoms with Crippen molar-refractivity contribution in [2.24, 2.45) is 0 Å². The molecule has 0 unspecified atom stereocenters. The van der Waals surface area contributed by atoms with E-state index in [1.54, 1.807) is 19.2 Å². The van der Waals surface area contributed by atoms with Gasteiger partial charge >= 0.3 is 0 Å². The molecule has 0 amide bonds. The predicted molar refractivity (Wildman–Crippen MR) is 57.4 cm³/mol. The molecular weight excluding hydrogens is 198 g/mol. The van der Waals surface area contributed by atoms with Crippen LogP contribution < -0.4 is 10.2 Å². The van der Waals surface area contributed by atoms with E-state index in [1.165, 1.54) is 18.2 Å². The molecule has 14 heavy (non-hydrogen) atoms. The summed E-state index contributed by atoms with van der Waals surface area (Å²) in [6.45, 7) is 0. The van der Waals surface area contributed by atoms with Gasteiger partial charge in [-0.15, -0.1) is 0 Å². The van der Waals surface area contributed by atoms with Crippen molar-refractivity contribution in [3.63, 3.8) is 0 Å². The topological polar surface area (TPSA) is 42.2 Å². The van der Waals surface area contributed by atoms with Crippen LogP contribution in [0.3, 0.4) is 0 Å². The van der Waals surface area contributed by atoms with E-state index in [0.717, 1.165) is 0 Å². The molecule has 0 aliphatic heterocycles. The van der Waals surface area contributed by atoms with Gasteiger partial charge in [-0.3, -0.25) is 9.52 Å². The molecule has 0 aliphatic carbocycles. The second kappa shape index (κ2) is 3.86. The molecule has 0 saturated heterocycles. The third kappa shape index (κ3) is 1.54. The van der Waals surface area contributed by atoms with E-state index < -0.39 is 0 Å². The van der Waals surface area contributed by atoms with Gasteiger partial charge in [-0.05, 0) is 31.1 Å². The van der Waals surface area contributed by atoms with E-state index in [9.17, 15) is 4.79 Å². The number of hydrogen-bond acceptors (Lipinski definition) is 4. The van der Waals surface area contributed by atoms with Crippen molar-refractivity contribution in [1.29, 1.82) is 0 Å². The summed E-state index contributed by atoms with van der Waals surface area (Å²) in [7, 11) is 1.76. The quantitative estimate of drug-likeness (QED) is 0.765. The molecule has 1 heterocycles. The fourth-order valence-electron chi connectivity index (χ4n) is 1.24. The smallest absolute Gasteiger partial charge is 0.207 e. The Balaban J connectivity index is 2.69. The van der Waals surface area contributed by atoms with Crippen LogP contribution in [0.15, 0.2) is 44.6 Å². The normalized spacial score (nSPS) is 10.6. The molecule has 72 valence electrons. The fourth-order valence-corrected chi connectivity index (χ4v) is 1.76. The lowest BCUT2D eigenvalue weighted by atomic mass is 10.2. The first kappa shape index (κ1) is 9.30. The van der Waals surface area contributed by atoms with Gasteiger partial charge in [0, 0.05) is 0 Å². The third-order valence-corrected chi connectivity index (χ3v) is 2.57. The minimum absolute atomic E-state index is 0.00574. The van der Waals surface area contributed by atoms with Gasteiger partial charge in [0.1, 0.15) is 16.7 Å². The highest BCUT2D eigenvalue weighted by molar-refractivity contribution is 7.97. The number of para-hydroxylation sites is 1. The van der Waals surface area contributed by atoms with E-state index in [1.807, 2.05) is 12.1 Å². The molecule has 1 aromatic heterocycles. The fraction of sp³-hybridized carbons (Fsp3) is 0.100. The van der Waals surface area contributed by atoms with Crippen molar-refractivity contribution in [1.82, 2.24) is 4.72 Å². The molecule has 0 spiro atoms. The largest absolute Gasteiger partial charge is 0.463 e. The van der Waals surface area contributed by atoms with E-state index in [4.69, 9.17) is 4.42 Å². The van der Waals surface area contributed by atoms with Gasteiger partial charge in [0.2, 0.25) is 5.43 Å². The SMILES string of the molecule is CNSc1coc2ccccc2c1=O. The monoisotopic (exact) mass is 207 g/mol. The summed E-state index contributed by atoms with van der Waals surface area (Å²) in [4.78, 5) is 12.4. The first-order valence-electron chi connectivity index (χ1n) is 4.17. The predicted octanol–water partition coefficient (Wildman–Crippen LogP) is 2.02. The molecule has 3 nitrogen and oxygen atoms in total. The minimum Gasteiger partial charge on any atom is -0.463 e. The molecule has 0 aliphatic rings. The van der Waals surface area contributed by atoms with Crippen molar-refractivity contribution in [2.75, 3.05) is 7.05 Å². The molecule has 0 radical (unpaired) electrons. The van der Waals surface area contributed by atoms with Gasteiger partial charge in [-0.1, -0.05) is 12.1 Å². The second-order valence-electron chi connectivity index (χ2n) is 2.73. The van der Waals surface area contributed by atoms with E-state index in [2.05, 4.69) is 4.72 Å². The molecule has 0 fully saturated rings. The van der Waals surface area contributed by atoms with E-state index in [-0.39, 0.29) is 5.43 Å². The molecule has 1 N–H and O–H groups in total. The van der Waals surface area contributed by atoms with Crippen molar-refractivity contribution >= 4 is 22.9 Å². The van der Waals surface area contributed by atoms with Crippen LogP contribution in [0.25, 0.3) is 11.0 Å². The standard InChI is InChI=1S/C10H9NO2S/c1-11-14-9-6-13-8-5-3-2-4-7(8)10(9)12/h2-6,11H,1H3. The van der Waals surface area contributed by atoms with Crippen molar-refractivity contribution in [2.45, 2.75) is 4.90 Å². The molecule has 2 rings (SSSR count). The van der Waals surface area contributed by atoms with Gasteiger partial charge in [0.15, 0.2) is 0 Å². The summed E-state index contributed by atoms with van der Waals surface area (Å²) < 4.78 is 8.16. The number of nitrogens with one attached hydrogen (secondary N) is 1. The summed E-state index contributed by atoms with van der Waals surface area (Å²) in [6.07, 6.45) is 1.48. The van der Waals surface area contributed by atoms with Gasteiger partial charge in [-0.2, -0.15) is 0 Å². The summed E-state index contributed by atoms with van der Waals surface area (Å²) >= 11 is 1.26. The van der Waals surface area contributed by atoms with Crippen LogP contribution in [0, 0.1) is 0 Å². The zero-order valence-electron chi connectivity index (χ0n) is 7.61. The van der Waals surface area contributed by atoms with Crippen LogP contribution in [-0.4, -0.2) is 7.05 Å². The number of rotatable bonds is 2. The second-order valence-corrected chi connectivity index (χ2v) is 3.78. The highest BCUT2D eigenvalue weighted by Crippen LogP contribution is 2.15. The van der Waals surface area contributed by atoms with Crippen molar-refractivity contribution in [3.8, 4) is 0 Å². The Morgan fingerprint density at radius 3 is 2.93 bits per heavy atom. The Morgan fingerprint density at radius 2 is 2.14 bits per heavy atom. The molecule has 0 saturated carbocycles. The van der Waals surface area contributed by atoms with Crippen LogP contribution in [0.4, 0.5) is 0 Å². The van der Waals surface area contributed by atoms with Crippen molar-refractivity contribution < 1.29 is 4.42 Å². The van der Waals surface area contributed by atoms with E-state index in [0.29, 0.717) is 15.9 Å². The highest BCUT2D eigenvalue weighted by Gasteiger charge is 2.05. The first-order chi connectivity index (χ1) is 6.83. The zero-order chi connectivity index (χ0) is 9.97. The lowest BCUT2D eigenvalue weighted by Gasteiger charge is -1.99. The average molecular weight is 207 g/mol. The molecule has 0 bridgehead atoms. The number of hydrogen-bond donors (Lipinski definition) is 1. The summed E-state index contributed by atoms with van der Waals surface area (Å²) in [6, 6.07) is 7.22.